The highest BCUT2D eigenvalue weighted by atomic mass is 35.5. The zero-order chi connectivity index (χ0) is 21.3. The number of aryl methyl sites for hydroxylation is 2. The molecule has 1 amide bonds. The van der Waals surface area contributed by atoms with Crippen LogP contribution >= 0.6 is 23.2 Å². The second-order valence-electron chi connectivity index (χ2n) is 6.88. The van der Waals surface area contributed by atoms with Crippen molar-refractivity contribution in [1.82, 2.24) is 14.8 Å². The van der Waals surface area contributed by atoms with E-state index in [9.17, 15) is 4.79 Å². The van der Waals surface area contributed by atoms with E-state index in [2.05, 4.69) is 15.4 Å². The van der Waals surface area contributed by atoms with Gasteiger partial charge in [-0.2, -0.15) is 0 Å². The Morgan fingerprint density at radius 1 is 0.933 bits per heavy atom. The standard InChI is InChI=1S/C23H18Cl2N4O/c1-14-7-12-18(13-19(14)25)29-22(16-8-10-17(24)11-9-16)27-21(28-29)23(30)26-20-6-4-3-5-15(20)2/h3-13H,1-2H3,(H,26,30). The van der Waals surface area contributed by atoms with Crippen LogP contribution < -0.4 is 5.32 Å². The first-order valence-electron chi connectivity index (χ1n) is 9.29. The molecule has 4 aromatic rings. The second-order valence-corrected chi connectivity index (χ2v) is 7.72. The van der Waals surface area contributed by atoms with Gasteiger partial charge in [0.1, 0.15) is 0 Å². The largest absolute Gasteiger partial charge is 0.319 e. The average molecular weight is 437 g/mol. The molecule has 7 heteroatoms. The minimum absolute atomic E-state index is 0.0555. The molecule has 0 radical (unpaired) electrons. The molecule has 0 aliphatic heterocycles. The lowest BCUT2D eigenvalue weighted by atomic mass is 10.2. The van der Waals surface area contributed by atoms with Gasteiger partial charge in [-0.3, -0.25) is 4.79 Å². The summed E-state index contributed by atoms with van der Waals surface area (Å²) in [5.74, 6) is 0.179. The predicted octanol–water partition coefficient (Wildman–Crippen LogP) is 6.11. The van der Waals surface area contributed by atoms with Crippen LogP contribution in [0.2, 0.25) is 10.0 Å². The summed E-state index contributed by atoms with van der Waals surface area (Å²) in [6, 6.07) is 20.3. The monoisotopic (exact) mass is 436 g/mol. The first-order valence-corrected chi connectivity index (χ1v) is 10.0. The Morgan fingerprint density at radius 2 is 1.67 bits per heavy atom. The van der Waals surface area contributed by atoms with Gasteiger partial charge >= 0.3 is 0 Å². The summed E-state index contributed by atoms with van der Waals surface area (Å²) in [6.07, 6.45) is 0. The number of nitrogens with zero attached hydrogens (tertiary/aromatic N) is 3. The summed E-state index contributed by atoms with van der Waals surface area (Å²) in [6.45, 7) is 3.85. The number of aromatic nitrogens is 3. The summed E-state index contributed by atoms with van der Waals surface area (Å²) in [5.41, 5.74) is 4.10. The molecule has 0 atom stereocenters. The number of nitrogens with one attached hydrogen (secondary N) is 1. The Bertz CT molecular complexity index is 1230. The molecular formula is C23H18Cl2N4O. The topological polar surface area (TPSA) is 59.8 Å². The number of para-hydroxylation sites is 1. The highest BCUT2D eigenvalue weighted by Gasteiger charge is 2.20. The summed E-state index contributed by atoms with van der Waals surface area (Å²) in [5, 5.41) is 8.57. The minimum atomic E-state index is -0.392. The number of hydrogen-bond acceptors (Lipinski definition) is 3. The molecule has 0 spiro atoms. The van der Waals surface area contributed by atoms with E-state index in [1.165, 1.54) is 0 Å². The summed E-state index contributed by atoms with van der Waals surface area (Å²) in [7, 11) is 0. The van der Waals surface area contributed by atoms with Crippen molar-refractivity contribution >= 4 is 34.8 Å². The third-order valence-electron chi connectivity index (χ3n) is 4.71. The van der Waals surface area contributed by atoms with Gasteiger partial charge in [-0.1, -0.05) is 47.5 Å². The van der Waals surface area contributed by atoms with Crippen molar-refractivity contribution in [1.29, 1.82) is 0 Å². The molecule has 4 rings (SSSR count). The van der Waals surface area contributed by atoms with Crippen LogP contribution in [0, 0.1) is 13.8 Å². The fourth-order valence-corrected chi connectivity index (χ4v) is 3.28. The van der Waals surface area contributed by atoms with E-state index in [1.54, 1.807) is 22.9 Å². The van der Waals surface area contributed by atoms with Crippen LogP contribution in [0.5, 0.6) is 0 Å². The molecule has 150 valence electrons. The van der Waals surface area contributed by atoms with Crippen molar-refractivity contribution in [2.45, 2.75) is 13.8 Å². The molecule has 1 heterocycles. The molecular weight excluding hydrogens is 419 g/mol. The van der Waals surface area contributed by atoms with Crippen LogP contribution in [-0.4, -0.2) is 20.7 Å². The fourth-order valence-electron chi connectivity index (χ4n) is 2.98. The molecule has 0 saturated carbocycles. The summed E-state index contributed by atoms with van der Waals surface area (Å²) in [4.78, 5) is 17.4. The molecule has 0 aliphatic carbocycles. The number of rotatable bonds is 4. The van der Waals surface area contributed by atoms with Crippen LogP contribution in [-0.2, 0) is 0 Å². The lowest BCUT2D eigenvalue weighted by molar-refractivity contribution is 0.101. The van der Waals surface area contributed by atoms with Crippen LogP contribution in [0.3, 0.4) is 0 Å². The maximum Gasteiger partial charge on any atom is 0.295 e. The maximum absolute atomic E-state index is 12.9. The van der Waals surface area contributed by atoms with E-state index < -0.39 is 5.91 Å². The number of halogens is 2. The molecule has 5 nitrogen and oxygen atoms in total. The predicted molar refractivity (Wildman–Crippen MR) is 121 cm³/mol. The highest BCUT2D eigenvalue weighted by Crippen LogP contribution is 2.26. The molecule has 0 bridgehead atoms. The van der Waals surface area contributed by atoms with Crippen molar-refractivity contribution in [3.63, 3.8) is 0 Å². The minimum Gasteiger partial charge on any atom is -0.319 e. The van der Waals surface area contributed by atoms with Crippen LogP contribution in [0.4, 0.5) is 5.69 Å². The number of anilines is 1. The third-order valence-corrected chi connectivity index (χ3v) is 5.37. The maximum atomic E-state index is 12.9. The van der Waals surface area contributed by atoms with E-state index >= 15 is 0 Å². The van der Waals surface area contributed by atoms with E-state index in [4.69, 9.17) is 23.2 Å². The normalized spacial score (nSPS) is 10.8. The van der Waals surface area contributed by atoms with E-state index in [0.29, 0.717) is 27.2 Å². The molecule has 0 aliphatic rings. The van der Waals surface area contributed by atoms with E-state index in [1.807, 2.05) is 62.4 Å². The Balaban J connectivity index is 1.79. The van der Waals surface area contributed by atoms with Crippen molar-refractivity contribution in [3.8, 4) is 17.1 Å². The Morgan fingerprint density at radius 3 is 2.37 bits per heavy atom. The molecule has 30 heavy (non-hydrogen) atoms. The fraction of sp³-hybridized carbons (Fsp3) is 0.0870. The first-order chi connectivity index (χ1) is 14.4. The second kappa shape index (κ2) is 8.30. The van der Waals surface area contributed by atoms with Gasteiger partial charge in [0, 0.05) is 21.3 Å². The van der Waals surface area contributed by atoms with Crippen molar-refractivity contribution in [2.24, 2.45) is 0 Å². The lowest BCUT2D eigenvalue weighted by Crippen LogP contribution is -2.15. The Kier molecular flexibility index (Phi) is 5.57. The van der Waals surface area contributed by atoms with Crippen molar-refractivity contribution in [3.05, 3.63) is 93.7 Å². The van der Waals surface area contributed by atoms with Gasteiger partial charge in [0.05, 0.1) is 5.69 Å². The smallest absolute Gasteiger partial charge is 0.295 e. The number of benzene rings is 3. The molecule has 3 aromatic carbocycles. The molecule has 0 saturated heterocycles. The Labute approximate surface area is 184 Å². The van der Waals surface area contributed by atoms with E-state index in [-0.39, 0.29) is 5.82 Å². The average Bonchev–Trinajstić information content (AvgIpc) is 3.18. The highest BCUT2D eigenvalue weighted by molar-refractivity contribution is 6.31. The summed E-state index contributed by atoms with van der Waals surface area (Å²) < 4.78 is 1.61. The van der Waals surface area contributed by atoms with Crippen LogP contribution in [0.15, 0.2) is 66.7 Å². The zero-order valence-corrected chi connectivity index (χ0v) is 17.9. The molecule has 1 aromatic heterocycles. The van der Waals surface area contributed by atoms with Gasteiger partial charge in [-0.05, 0) is 67.4 Å². The molecule has 0 unspecified atom stereocenters. The number of carbonyl (C=O) groups excluding carboxylic acids is 1. The van der Waals surface area contributed by atoms with Crippen molar-refractivity contribution in [2.75, 3.05) is 5.32 Å². The van der Waals surface area contributed by atoms with Crippen LogP contribution in [0.25, 0.3) is 17.1 Å². The first kappa shape index (κ1) is 20.1. The van der Waals surface area contributed by atoms with Gasteiger partial charge in [0.25, 0.3) is 5.91 Å². The van der Waals surface area contributed by atoms with Gasteiger partial charge < -0.3 is 5.32 Å². The SMILES string of the molecule is Cc1ccc(-n2nc(C(=O)Nc3ccccc3C)nc2-c2ccc(Cl)cc2)cc1Cl. The Hall–Kier alpha value is -3.15. The molecule has 1 N–H and O–H groups in total. The van der Waals surface area contributed by atoms with Crippen LogP contribution in [0.1, 0.15) is 21.7 Å². The molecule has 0 fully saturated rings. The third kappa shape index (κ3) is 4.08. The summed E-state index contributed by atoms with van der Waals surface area (Å²) >= 11 is 12.3. The number of amides is 1. The number of carbonyl (C=O) groups is 1. The quantitative estimate of drug-likeness (QED) is 0.419. The number of hydrogen-bond donors (Lipinski definition) is 1. The van der Waals surface area contributed by atoms with Gasteiger partial charge in [-0.15, -0.1) is 5.10 Å². The van der Waals surface area contributed by atoms with Crippen molar-refractivity contribution < 1.29 is 4.79 Å². The van der Waals surface area contributed by atoms with E-state index in [0.717, 1.165) is 16.7 Å². The lowest BCUT2D eigenvalue weighted by Gasteiger charge is -2.08. The van der Waals surface area contributed by atoms with Gasteiger partial charge in [0.15, 0.2) is 5.82 Å². The van der Waals surface area contributed by atoms with Gasteiger partial charge in [-0.25, -0.2) is 9.67 Å². The van der Waals surface area contributed by atoms with Gasteiger partial charge in [0.2, 0.25) is 5.82 Å². The zero-order valence-electron chi connectivity index (χ0n) is 16.4.